The summed E-state index contributed by atoms with van der Waals surface area (Å²) < 4.78 is 0. The predicted octanol–water partition coefficient (Wildman–Crippen LogP) is -1.13. The molecule has 0 saturated heterocycles. The summed E-state index contributed by atoms with van der Waals surface area (Å²) in [6, 6.07) is -0.761. The zero-order valence-corrected chi connectivity index (χ0v) is 9.56. The molecule has 0 spiro atoms. The molecular formula is C10H23N3O3. The van der Waals surface area contributed by atoms with Crippen LogP contribution in [0.1, 0.15) is 25.7 Å². The third kappa shape index (κ3) is 8.60. The van der Waals surface area contributed by atoms with Crippen LogP contribution in [0.5, 0.6) is 0 Å². The maximum absolute atomic E-state index is 10.4. The van der Waals surface area contributed by atoms with Crippen LogP contribution in [0.2, 0.25) is 0 Å². The quantitative estimate of drug-likeness (QED) is 0.304. The van der Waals surface area contributed by atoms with Crippen LogP contribution in [0.4, 0.5) is 0 Å². The van der Waals surface area contributed by atoms with Gasteiger partial charge in [0.1, 0.15) is 6.04 Å². The minimum absolute atomic E-state index is 0.397. The average molecular weight is 233 g/mol. The van der Waals surface area contributed by atoms with Crippen molar-refractivity contribution in [1.82, 2.24) is 5.32 Å². The summed E-state index contributed by atoms with van der Waals surface area (Å²) in [7, 11) is 0. The first-order valence-corrected chi connectivity index (χ1v) is 5.65. The number of aliphatic carboxylic acids is 1. The first-order chi connectivity index (χ1) is 7.57. The van der Waals surface area contributed by atoms with Gasteiger partial charge in [0.15, 0.2) is 0 Å². The fraction of sp³-hybridized carbons (Fsp3) is 0.900. The lowest BCUT2D eigenvalue weighted by Crippen LogP contribution is -2.31. The number of rotatable bonds is 10. The van der Waals surface area contributed by atoms with Gasteiger partial charge in [-0.3, -0.25) is 4.79 Å². The van der Waals surface area contributed by atoms with Crippen molar-refractivity contribution >= 4 is 5.97 Å². The van der Waals surface area contributed by atoms with Crippen molar-refractivity contribution in [2.75, 3.05) is 19.6 Å². The molecule has 2 atom stereocenters. The van der Waals surface area contributed by atoms with E-state index in [9.17, 15) is 9.90 Å². The monoisotopic (exact) mass is 233 g/mol. The van der Waals surface area contributed by atoms with Gasteiger partial charge in [0.05, 0.1) is 6.10 Å². The molecule has 0 aliphatic heterocycles. The molecule has 0 radical (unpaired) electrons. The minimum atomic E-state index is -0.952. The predicted molar refractivity (Wildman–Crippen MR) is 62.0 cm³/mol. The number of carboxylic acids is 1. The molecule has 0 amide bonds. The Labute approximate surface area is 96.0 Å². The molecule has 0 heterocycles. The SMILES string of the molecule is NCCC(O)CNCCCCC(N)C(=O)O. The highest BCUT2D eigenvalue weighted by atomic mass is 16.4. The lowest BCUT2D eigenvalue weighted by molar-refractivity contribution is -0.138. The number of aliphatic hydroxyl groups excluding tert-OH is 1. The first kappa shape index (κ1) is 15.3. The molecule has 2 unspecified atom stereocenters. The van der Waals surface area contributed by atoms with E-state index >= 15 is 0 Å². The Morgan fingerprint density at radius 3 is 2.56 bits per heavy atom. The van der Waals surface area contributed by atoms with E-state index in [2.05, 4.69) is 5.32 Å². The van der Waals surface area contributed by atoms with Gasteiger partial charge >= 0.3 is 5.97 Å². The third-order valence-electron chi connectivity index (χ3n) is 2.32. The molecule has 0 aromatic heterocycles. The standard InChI is InChI=1S/C10H23N3O3/c11-5-4-8(14)7-13-6-2-1-3-9(12)10(15)16/h8-9,13-14H,1-7,11-12H2,(H,15,16). The van der Waals surface area contributed by atoms with Crippen LogP contribution < -0.4 is 16.8 Å². The van der Waals surface area contributed by atoms with Crippen LogP contribution in [-0.2, 0) is 4.79 Å². The number of nitrogens with two attached hydrogens (primary N) is 2. The highest BCUT2D eigenvalue weighted by molar-refractivity contribution is 5.72. The van der Waals surface area contributed by atoms with Crippen molar-refractivity contribution in [3.05, 3.63) is 0 Å². The molecule has 6 nitrogen and oxygen atoms in total. The lowest BCUT2D eigenvalue weighted by atomic mass is 10.1. The molecule has 0 saturated carbocycles. The number of aliphatic hydroxyl groups is 1. The summed E-state index contributed by atoms with van der Waals surface area (Å²) in [6.45, 7) is 1.77. The number of unbranched alkanes of at least 4 members (excludes halogenated alkanes) is 1. The van der Waals surface area contributed by atoms with E-state index in [0.717, 1.165) is 19.4 Å². The van der Waals surface area contributed by atoms with Crippen molar-refractivity contribution < 1.29 is 15.0 Å². The molecule has 0 bridgehead atoms. The maximum Gasteiger partial charge on any atom is 0.320 e. The van der Waals surface area contributed by atoms with E-state index in [1.807, 2.05) is 0 Å². The van der Waals surface area contributed by atoms with Gasteiger partial charge in [0.2, 0.25) is 0 Å². The van der Waals surface area contributed by atoms with Crippen molar-refractivity contribution in [3.63, 3.8) is 0 Å². The third-order valence-corrected chi connectivity index (χ3v) is 2.32. The van der Waals surface area contributed by atoms with E-state index in [1.54, 1.807) is 0 Å². The minimum Gasteiger partial charge on any atom is -0.480 e. The van der Waals surface area contributed by atoms with Crippen LogP contribution in [0.15, 0.2) is 0 Å². The summed E-state index contributed by atoms with van der Waals surface area (Å²) in [5.41, 5.74) is 10.6. The molecule has 7 N–H and O–H groups in total. The Hall–Kier alpha value is -0.690. The van der Waals surface area contributed by atoms with Gasteiger partial charge in [-0.05, 0) is 32.4 Å². The van der Waals surface area contributed by atoms with E-state index in [0.29, 0.717) is 25.9 Å². The zero-order chi connectivity index (χ0) is 12.4. The Balaban J connectivity index is 3.24. The second-order valence-corrected chi connectivity index (χ2v) is 3.88. The maximum atomic E-state index is 10.4. The molecule has 96 valence electrons. The molecule has 0 aliphatic rings. The second-order valence-electron chi connectivity index (χ2n) is 3.88. The Morgan fingerprint density at radius 2 is 2.00 bits per heavy atom. The smallest absolute Gasteiger partial charge is 0.320 e. The van der Waals surface area contributed by atoms with Gasteiger partial charge in [-0.1, -0.05) is 6.42 Å². The number of hydrogen-bond acceptors (Lipinski definition) is 5. The Bertz CT molecular complexity index is 190. The van der Waals surface area contributed by atoms with Gasteiger partial charge in [-0.15, -0.1) is 0 Å². The number of nitrogens with one attached hydrogen (secondary N) is 1. The van der Waals surface area contributed by atoms with Crippen LogP contribution in [0.3, 0.4) is 0 Å². The molecule has 0 fully saturated rings. The normalized spacial score (nSPS) is 14.7. The van der Waals surface area contributed by atoms with Gasteiger partial charge < -0.3 is 27.0 Å². The van der Waals surface area contributed by atoms with E-state index in [4.69, 9.17) is 16.6 Å². The topological polar surface area (TPSA) is 122 Å². The van der Waals surface area contributed by atoms with Gasteiger partial charge in [-0.2, -0.15) is 0 Å². The van der Waals surface area contributed by atoms with Crippen LogP contribution >= 0.6 is 0 Å². The fourth-order valence-corrected chi connectivity index (χ4v) is 1.30. The van der Waals surface area contributed by atoms with Crippen molar-refractivity contribution in [2.24, 2.45) is 11.5 Å². The molecule has 0 aliphatic carbocycles. The first-order valence-electron chi connectivity index (χ1n) is 5.65. The highest BCUT2D eigenvalue weighted by Gasteiger charge is 2.09. The average Bonchev–Trinajstić information content (AvgIpc) is 2.23. The summed E-state index contributed by atoms with van der Waals surface area (Å²) in [5.74, 6) is -0.952. The summed E-state index contributed by atoms with van der Waals surface area (Å²) in [6.07, 6.45) is 2.31. The van der Waals surface area contributed by atoms with Crippen LogP contribution in [0, 0.1) is 0 Å². The van der Waals surface area contributed by atoms with E-state index in [-0.39, 0.29) is 0 Å². The summed E-state index contributed by atoms with van der Waals surface area (Å²) >= 11 is 0. The molecule has 0 rings (SSSR count). The second kappa shape index (κ2) is 9.53. The number of hydrogen-bond donors (Lipinski definition) is 5. The van der Waals surface area contributed by atoms with Crippen molar-refractivity contribution in [3.8, 4) is 0 Å². The van der Waals surface area contributed by atoms with E-state index in [1.165, 1.54) is 0 Å². The lowest BCUT2D eigenvalue weighted by Gasteiger charge is -2.10. The van der Waals surface area contributed by atoms with Crippen LogP contribution in [-0.4, -0.2) is 48.0 Å². The van der Waals surface area contributed by atoms with Gasteiger partial charge in [-0.25, -0.2) is 0 Å². The van der Waals surface area contributed by atoms with Crippen molar-refractivity contribution in [1.29, 1.82) is 0 Å². The molecule has 6 heteroatoms. The fourth-order valence-electron chi connectivity index (χ4n) is 1.30. The molecule has 0 aromatic rings. The van der Waals surface area contributed by atoms with Gasteiger partial charge in [0, 0.05) is 6.54 Å². The van der Waals surface area contributed by atoms with Crippen LogP contribution in [0.25, 0.3) is 0 Å². The number of carboxylic acid groups (broad SMARTS) is 1. The Morgan fingerprint density at radius 1 is 1.31 bits per heavy atom. The van der Waals surface area contributed by atoms with E-state index < -0.39 is 18.1 Å². The summed E-state index contributed by atoms with van der Waals surface area (Å²) in [4.78, 5) is 10.4. The molecular weight excluding hydrogens is 210 g/mol. The van der Waals surface area contributed by atoms with Gasteiger partial charge in [0.25, 0.3) is 0 Å². The molecule has 0 aromatic carbocycles. The Kier molecular flexibility index (Phi) is 9.12. The van der Waals surface area contributed by atoms with Crippen molar-refractivity contribution in [2.45, 2.75) is 37.8 Å². The number of carbonyl (C=O) groups is 1. The highest BCUT2D eigenvalue weighted by Crippen LogP contribution is 1.98. The largest absolute Gasteiger partial charge is 0.480 e. The summed E-state index contributed by atoms with van der Waals surface area (Å²) in [5, 5.41) is 20.9. The zero-order valence-electron chi connectivity index (χ0n) is 9.56. The molecule has 16 heavy (non-hydrogen) atoms.